The smallest absolute Gasteiger partial charge is 0.134 e. The van der Waals surface area contributed by atoms with Gasteiger partial charge in [0.1, 0.15) is 5.15 Å². The zero-order chi connectivity index (χ0) is 10.8. The van der Waals surface area contributed by atoms with Crippen molar-refractivity contribution in [1.82, 2.24) is 4.98 Å². The third-order valence-corrected chi connectivity index (χ3v) is 2.62. The third-order valence-electron chi connectivity index (χ3n) is 2.32. The quantitative estimate of drug-likeness (QED) is 0.622. The number of hydrogen-bond acceptors (Lipinski definition) is 2. The van der Waals surface area contributed by atoms with E-state index in [-0.39, 0.29) is 6.04 Å². The first kappa shape index (κ1) is 10.1. The summed E-state index contributed by atoms with van der Waals surface area (Å²) in [5.74, 6) is 0. The summed E-state index contributed by atoms with van der Waals surface area (Å²) >= 11 is 6.04. The average Bonchev–Trinajstić information content (AvgIpc) is 2.27. The summed E-state index contributed by atoms with van der Waals surface area (Å²) in [5, 5.41) is 1.48. The summed E-state index contributed by atoms with van der Waals surface area (Å²) in [5.41, 5.74) is 7.53. The van der Waals surface area contributed by atoms with Gasteiger partial charge in [-0.3, -0.25) is 0 Å². The molecule has 2 rings (SSSR count). The molecule has 0 spiro atoms. The van der Waals surface area contributed by atoms with Crippen LogP contribution in [0.15, 0.2) is 43.0 Å². The van der Waals surface area contributed by atoms with E-state index in [4.69, 9.17) is 17.3 Å². The number of para-hydroxylation sites is 1. The summed E-state index contributed by atoms with van der Waals surface area (Å²) in [6.07, 6.45) is 1.65. The topological polar surface area (TPSA) is 38.9 Å². The van der Waals surface area contributed by atoms with Crippen LogP contribution in [0.2, 0.25) is 5.15 Å². The van der Waals surface area contributed by atoms with Gasteiger partial charge in [0.25, 0.3) is 0 Å². The van der Waals surface area contributed by atoms with Crippen molar-refractivity contribution in [3.05, 3.63) is 53.7 Å². The molecule has 0 saturated heterocycles. The van der Waals surface area contributed by atoms with Crippen LogP contribution in [0.3, 0.4) is 0 Å². The van der Waals surface area contributed by atoms with E-state index in [1.165, 1.54) is 0 Å². The molecule has 2 nitrogen and oxygen atoms in total. The molecule has 3 heteroatoms. The Morgan fingerprint density at radius 1 is 1.40 bits per heavy atom. The van der Waals surface area contributed by atoms with Gasteiger partial charge in [0.2, 0.25) is 0 Å². The van der Waals surface area contributed by atoms with E-state index >= 15 is 0 Å². The number of nitrogens with two attached hydrogens (primary N) is 1. The third kappa shape index (κ3) is 1.87. The minimum absolute atomic E-state index is 0.269. The highest BCUT2D eigenvalue weighted by atomic mass is 35.5. The predicted octanol–water partition coefficient (Wildman–Crippen LogP) is 3.07. The van der Waals surface area contributed by atoms with E-state index in [9.17, 15) is 0 Å². The molecule has 0 aliphatic rings. The number of aromatic nitrogens is 1. The molecule has 0 amide bonds. The standard InChI is InChI=1S/C12H11ClN2/c1-2-10(14)9-7-8-5-3-4-6-11(8)15-12(9)13/h2-7,10H,1,14H2/t10-/m0/s1. The SMILES string of the molecule is C=C[C@H](N)c1cc2ccccc2nc1Cl. The molecule has 0 aliphatic carbocycles. The molecule has 0 aliphatic heterocycles. The van der Waals surface area contributed by atoms with Gasteiger partial charge < -0.3 is 5.73 Å². The number of halogens is 1. The van der Waals surface area contributed by atoms with Crippen LogP contribution in [0, 0.1) is 0 Å². The molecular formula is C12H11ClN2. The number of pyridine rings is 1. The van der Waals surface area contributed by atoms with Gasteiger partial charge in [-0.05, 0) is 12.1 Å². The molecule has 0 saturated carbocycles. The highest BCUT2D eigenvalue weighted by Gasteiger charge is 2.09. The molecule has 1 atom stereocenters. The maximum absolute atomic E-state index is 6.04. The second kappa shape index (κ2) is 4.01. The van der Waals surface area contributed by atoms with Gasteiger partial charge in [0, 0.05) is 10.9 Å². The van der Waals surface area contributed by atoms with Crippen molar-refractivity contribution in [1.29, 1.82) is 0 Å². The van der Waals surface area contributed by atoms with Gasteiger partial charge in [-0.1, -0.05) is 35.9 Å². The summed E-state index contributed by atoms with van der Waals surface area (Å²) < 4.78 is 0. The molecule has 0 fully saturated rings. The zero-order valence-corrected chi connectivity index (χ0v) is 8.91. The monoisotopic (exact) mass is 218 g/mol. The minimum atomic E-state index is -0.269. The minimum Gasteiger partial charge on any atom is -0.321 e. The van der Waals surface area contributed by atoms with E-state index in [2.05, 4.69) is 11.6 Å². The normalized spacial score (nSPS) is 12.7. The molecule has 2 N–H and O–H groups in total. The van der Waals surface area contributed by atoms with E-state index in [0.29, 0.717) is 5.15 Å². The number of hydrogen-bond donors (Lipinski definition) is 1. The molecule has 1 aromatic carbocycles. The highest BCUT2D eigenvalue weighted by molar-refractivity contribution is 6.30. The van der Waals surface area contributed by atoms with Crippen LogP contribution < -0.4 is 5.73 Å². The summed E-state index contributed by atoms with van der Waals surface area (Å²) in [6.45, 7) is 3.65. The first-order valence-electron chi connectivity index (χ1n) is 4.65. The molecule has 0 radical (unpaired) electrons. The molecule has 0 unspecified atom stereocenters. The number of fused-ring (bicyclic) bond motifs is 1. The molecule has 1 aromatic heterocycles. The zero-order valence-electron chi connectivity index (χ0n) is 8.15. The van der Waals surface area contributed by atoms with Crippen molar-refractivity contribution in [2.45, 2.75) is 6.04 Å². The van der Waals surface area contributed by atoms with Gasteiger partial charge in [0.05, 0.1) is 11.6 Å². The maximum Gasteiger partial charge on any atom is 0.134 e. The number of benzene rings is 1. The van der Waals surface area contributed by atoms with Gasteiger partial charge in [-0.15, -0.1) is 6.58 Å². The number of rotatable bonds is 2. The highest BCUT2D eigenvalue weighted by Crippen LogP contribution is 2.24. The van der Waals surface area contributed by atoms with Crippen LogP contribution >= 0.6 is 11.6 Å². The Morgan fingerprint density at radius 3 is 2.87 bits per heavy atom. The summed E-state index contributed by atoms with van der Waals surface area (Å²) in [6, 6.07) is 9.48. The Balaban J connectivity index is 2.66. The lowest BCUT2D eigenvalue weighted by atomic mass is 10.1. The largest absolute Gasteiger partial charge is 0.321 e. The molecule has 2 aromatic rings. The van der Waals surface area contributed by atoms with Crippen molar-refractivity contribution in [2.24, 2.45) is 5.73 Å². The Labute approximate surface area is 93.4 Å². The summed E-state index contributed by atoms with van der Waals surface area (Å²) in [7, 11) is 0. The van der Waals surface area contributed by atoms with Crippen LogP contribution in [-0.2, 0) is 0 Å². The van der Waals surface area contributed by atoms with Crippen molar-refractivity contribution in [3.63, 3.8) is 0 Å². The maximum atomic E-state index is 6.04. The predicted molar refractivity (Wildman–Crippen MR) is 63.9 cm³/mol. The first-order valence-corrected chi connectivity index (χ1v) is 5.03. The van der Waals surface area contributed by atoms with E-state index in [1.54, 1.807) is 6.08 Å². The fourth-order valence-corrected chi connectivity index (χ4v) is 1.74. The lowest BCUT2D eigenvalue weighted by Crippen LogP contribution is -2.07. The van der Waals surface area contributed by atoms with Crippen molar-refractivity contribution in [3.8, 4) is 0 Å². The Morgan fingerprint density at radius 2 is 2.13 bits per heavy atom. The second-order valence-corrected chi connectivity index (χ2v) is 3.68. The van der Waals surface area contributed by atoms with Crippen LogP contribution in [0.1, 0.15) is 11.6 Å². The molecule has 15 heavy (non-hydrogen) atoms. The molecule has 0 bridgehead atoms. The van der Waals surface area contributed by atoms with E-state index in [1.807, 2.05) is 30.3 Å². The fraction of sp³-hybridized carbons (Fsp3) is 0.0833. The van der Waals surface area contributed by atoms with Gasteiger partial charge in [-0.2, -0.15) is 0 Å². The lowest BCUT2D eigenvalue weighted by molar-refractivity contribution is 0.909. The van der Waals surface area contributed by atoms with E-state index in [0.717, 1.165) is 16.5 Å². The molecule has 76 valence electrons. The molecule has 1 heterocycles. The van der Waals surface area contributed by atoms with Gasteiger partial charge in [-0.25, -0.2) is 4.98 Å². The van der Waals surface area contributed by atoms with Crippen LogP contribution in [0.4, 0.5) is 0 Å². The lowest BCUT2D eigenvalue weighted by Gasteiger charge is -2.09. The van der Waals surface area contributed by atoms with Crippen LogP contribution in [-0.4, -0.2) is 4.98 Å². The van der Waals surface area contributed by atoms with Gasteiger partial charge >= 0.3 is 0 Å². The van der Waals surface area contributed by atoms with Crippen molar-refractivity contribution < 1.29 is 0 Å². The number of nitrogens with zero attached hydrogens (tertiary/aromatic N) is 1. The van der Waals surface area contributed by atoms with Gasteiger partial charge in [0.15, 0.2) is 0 Å². The average molecular weight is 219 g/mol. The summed E-state index contributed by atoms with van der Waals surface area (Å²) in [4.78, 5) is 4.28. The van der Waals surface area contributed by atoms with Crippen molar-refractivity contribution >= 4 is 22.5 Å². The Kier molecular flexibility index (Phi) is 2.71. The van der Waals surface area contributed by atoms with Crippen molar-refractivity contribution in [2.75, 3.05) is 0 Å². The Hall–Kier alpha value is -1.38. The van der Waals surface area contributed by atoms with E-state index < -0.39 is 0 Å². The first-order chi connectivity index (χ1) is 7.22. The molecular weight excluding hydrogens is 208 g/mol. The second-order valence-electron chi connectivity index (χ2n) is 3.32. The fourth-order valence-electron chi connectivity index (χ4n) is 1.47. The van der Waals surface area contributed by atoms with Crippen LogP contribution in [0.25, 0.3) is 10.9 Å². The Bertz CT molecular complexity index is 508. The van der Waals surface area contributed by atoms with Crippen LogP contribution in [0.5, 0.6) is 0 Å².